The Morgan fingerprint density at radius 3 is 2.27 bits per heavy atom. The van der Waals surface area contributed by atoms with E-state index in [1.807, 2.05) is 18.2 Å². The van der Waals surface area contributed by atoms with Crippen molar-refractivity contribution in [3.05, 3.63) is 95.9 Å². The molecule has 1 aromatic heterocycles. The smallest absolute Gasteiger partial charge is 0.238 e. The van der Waals surface area contributed by atoms with Crippen molar-refractivity contribution in [2.75, 3.05) is 17.4 Å². The number of hydrogen-bond donors (Lipinski definition) is 2. The molecular formula is C25H21F3N6O2S. The van der Waals surface area contributed by atoms with Crippen LogP contribution < -0.4 is 15.5 Å². The molecule has 4 aromatic rings. The molecule has 0 aliphatic heterocycles. The van der Waals surface area contributed by atoms with Crippen LogP contribution in [-0.4, -0.2) is 31.1 Å². The van der Waals surface area contributed by atoms with Crippen LogP contribution in [0.15, 0.2) is 82.9 Å². The lowest BCUT2D eigenvalue weighted by Gasteiger charge is -2.19. The Labute approximate surface area is 211 Å². The zero-order valence-electron chi connectivity index (χ0n) is 19.7. The van der Waals surface area contributed by atoms with Gasteiger partial charge in [0.1, 0.15) is 0 Å². The van der Waals surface area contributed by atoms with Crippen molar-refractivity contribution in [1.82, 2.24) is 9.97 Å². The molecule has 190 valence electrons. The average Bonchev–Trinajstić information content (AvgIpc) is 2.88. The number of halogens is 3. The van der Waals surface area contributed by atoms with Crippen LogP contribution in [0.1, 0.15) is 12.5 Å². The van der Waals surface area contributed by atoms with Gasteiger partial charge in [-0.2, -0.15) is 10.1 Å². The molecule has 3 aromatic carbocycles. The second-order valence-corrected chi connectivity index (χ2v) is 9.48. The molecule has 1 heterocycles. The topological polar surface area (TPSA) is 114 Å². The summed E-state index contributed by atoms with van der Waals surface area (Å²) in [7, 11) is -2.32. The van der Waals surface area contributed by atoms with E-state index in [4.69, 9.17) is 5.14 Å². The third kappa shape index (κ3) is 5.76. The Morgan fingerprint density at radius 1 is 0.946 bits per heavy atom. The number of nitrogens with zero attached hydrogens (tertiary/aromatic N) is 4. The fraction of sp³-hybridized carbons (Fsp3) is 0.0800. The molecule has 0 unspecified atom stereocenters. The van der Waals surface area contributed by atoms with E-state index in [0.717, 1.165) is 12.1 Å². The number of hydrazone groups is 1. The van der Waals surface area contributed by atoms with Gasteiger partial charge < -0.3 is 5.32 Å². The summed E-state index contributed by atoms with van der Waals surface area (Å²) in [6.07, 6.45) is 1.28. The van der Waals surface area contributed by atoms with E-state index < -0.39 is 27.5 Å². The van der Waals surface area contributed by atoms with Crippen LogP contribution in [-0.2, 0) is 10.0 Å². The summed E-state index contributed by atoms with van der Waals surface area (Å²) in [5.74, 6) is -4.08. The number of benzene rings is 3. The molecule has 0 aliphatic rings. The van der Waals surface area contributed by atoms with Crippen molar-refractivity contribution in [2.45, 2.75) is 11.8 Å². The largest absolute Gasteiger partial charge is 0.324 e. The maximum absolute atomic E-state index is 14.7. The minimum atomic E-state index is -3.86. The standard InChI is InChI=1S/C25H21F3N6O2S/c1-15(16-8-10-18(11-9-16)37(29,35)36)33-34(2)24-20(19-12-13-21(26)23(28)22(19)27)14-30-25(32-24)31-17-6-4-3-5-7-17/h3-14H,1-2H3,(H2,29,35,36)(H,30,31,32)/b33-15+. The predicted octanol–water partition coefficient (Wildman–Crippen LogP) is 4.81. The summed E-state index contributed by atoms with van der Waals surface area (Å²) in [6.45, 7) is 1.67. The molecule has 0 amide bonds. The summed E-state index contributed by atoms with van der Waals surface area (Å²) in [5.41, 5.74) is 1.54. The Hall–Kier alpha value is -4.29. The van der Waals surface area contributed by atoms with E-state index in [1.54, 1.807) is 19.1 Å². The van der Waals surface area contributed by atoms with E-state index in [2.05, 4.69) is 20.4 Å². The number of rotatable bonds is 7. The van der Waals surface area contributed by atoms with Crippen molar-refractivity contribution in [2.24, 2.45) is 10.2 Å². The Kier molecular flexibility index (Phi) is 7.23. The molecule has 37 heavy (non-hydrogen) atoms. The first-order chi connectivity index (χ1) is 17.5. The van der Waals surface area contributed by atoms with Crippen LogP contribution in [0.5, 0.6) is 0 Å². The van der Waals surface area contributed by atoms with Crippen LogP contribution >= 0.6 is 0 Å². The molecule has 0 atom stereocenters. The summed E-state index contributed by atoms with van der Waals surface area (Å²) >= 11 is 0. The fourth-order valence-corrected chi connectivity index (χ4v) is 3.99. The van der Waals surface area contributed by atoms with E-state index >= 15 is 0 Å². The molecule has 0 bridgehead atoms. The number of sulfonamides is 1. The first kappa shape index (κ1) is 25.8. The van der Waals surface area contributed by atoms with Crippen LogP contribution in [0.2, 0.25) is 0 Å². The summed E-state index contributed by atoms with van der Waals surface area (Å²) in [4.78, 5) is 8.60. The summed E-state index contributed by atoms with van der Waals surface area (Å²) in [6, 6.07) is 16.7. The van der Waals surface area contributed by atoms with Crippen LogP contribution in [0.3, 0.4) is 0 Å². The van der Waals surface area contributed by atoms with Gasteiger partial charge in [-0.3, -0.25) is 5.01 Å². The zero-order chi connectivity index (χ0) is 26.7. The highest BCUT2D eigenvalue weighted by Crippen LogP contribution is 2.33. The third-order valence-corrected chi connectivity index (χ3v) is 6.26. The van der Waals surface area contributed by atoms with Gasteiger partial charge in [-0.1, -0.05) is 30.3 Å². The molecule has 0 saturated heterocycles. The minimum absolute atomic E-state index is 0.0547. The number of primary sulfonamides is 1. The molecule has 0 spiro atoms. The van der Waals surface area contributed by atoms with Crippen LogP contribution in [0.4, 0.5) is 30.6 Å². The highest BCUT2D eigenvalue weighted by molar-refractivity contribution is 7.89. The summed E-state index contributed by atoms with van der Waals surface area (Å²) in [5, 5.41) is 14.0. The van der Waals surface area contributed by atoms with E-state index in [0.29, 0.717) is 17.0 Å². The molecule has 4 rings (SSSR count). The molecule has 0 radical (unpaired) electrons. The zero-order valence-corrected chi connectivity index (χ0v) is 20.5. The molecule has 0 fully saturated rings. The van der Waals surface area contributed by atoms with Crippen molar-refractivity contribution in [3.8, 4) is 11.1 Å². The molecule has 12 heteroatoms. The quantitative estimate of drug-likeness (QED) is 0.203. The van der Waals surface area contributed by atoms with Crippen LogP contribution in [0.25, 0.3) is 11.1 Å². The first-order valence-electron chi connectivity index (χ1n) is 10.8. The lowest BCUT2D eigenvalue weighted by molar-refractivity contribution is 0.449. The fourth-order valence-electron chi connectivity index (χ4n) is 3.47. The molecule has 0 saturated carbocycles. The molecule has 0 aliphatic carbocycles. The Bertz CT molecular complexity index is 1580. The maximum atomic E-state index is 14.7. The van der Waals surface area contributed by atoms with E-state index in [1.165, 1.54) is 42.5 Å². The second-order valence-electron chi connectivity index (χ2n) is 7.92. The maximum Gasteiger partial charge on any atom is 0.238 e. The van der Waals surface area contributed by atoms with Crippen molar-refractivity contribution in [1.29, 1.82) is 0 Å². The predicted molar refractivity (Wildman–Crippen MR) is 135 cm³/mol. The van der Waals surface area contributed by atoms with E-state index in [-0.39, 0.29) is 27.8 Å². The first-order valence-corrected chi connectivity index (χ1v) is 12.3. The molecular weight excluding hydrogens is 505 g/mol. The van der Waals surface area contributed by atoms with Gasteiger partial charge in [-0.15, -0.1) is 0 Å². The summed E-state index contributed by atoms with van der Waals surface area (Å²) < 4.78 is 65.3. The number of anilines is 3. The van der Waals surface area contributed by atoms with E-state index in [9.17, 15) is 21.6 Å². The van der Waals surface area contributed by atoms with Gasteiger partial charge in [-0.25, -0.2) is 31.7 Å². The van der Waals surface area contributed by atoms with Gasteiger partial charge in [0.2, 0.25) is 16.0 Å². The molecule has 3 N–H and O–H groups in total. The second kappa shape index (κ2) is 10.4. The minimum Gasteiger partial charge on any atom is -0.324 e. The van der Waals surface area contributed by atoms with Crippen molar-refractivity contribution >= 4 is 33.2 Å². The van der Waals surface area contributed by atoms with Gasteiger partial charge in [0, 0.05) is 30.1 Å². The van der Waals surface area contributed by atoms with Gasteiger partial charge in [0.15, 0.2) is 23.3 Å². The highest BCUT2D eigenvalue weighted by Gasteiger charge is 2.21. The number of nitrogens with one attached hydrogen (secondary N) is 1. The third-order valence-electron chi connectivity index (χ3n) is 5.33. The Balaban J connectivity index is 1.77. The number of nitrogens with two attached hydrogens (primary N) is 1. The number of para-hydroxylation sites is 1. The average molecular weight is 527 g/mol. The van der Waals surface area contributed by atoms with Gasteiger partial charge in [0.05, 0.1) is 10.6 Å². The van der Waals surface area contributed by atoms with Crippen molar-refractivity contribution < 1.29 is 21.6 Å². The SMILES string of the molecule is C/C(=N\N(C)c1nc(Nc2ccccc2)ncc1-c1ccc(F)c(F)c1F)c1ccc(S(N)(=O)=O)cc1. The lowest BCUT2D eigenvalue weighted by atomic mass is 10.1. The van der Waals surface area contributed by atoms with Crippen LogP contribution in [0, 0.1) is 17.5 Å². The van der Waals surface area contributed by atoms with Crippen molar-refractivity contribution in [3.63, 3.8) is 0 Å². The molecule has 8 nitrogen and oxygen atoms in total. The monoisotopic (exact) mass is 526 g/mol. The number of hydrogen-bond acceptors (Lipinski definition) is 7. The highest BCUT2D eigenvalue weighted by atomic mass is 32.2. The number of aromatic nitrogens is 2. The lowest BCUT2D eigenvalue weighted by Crippen LogP contribution is -2.17. The van der Waals surface area contributed by atoms with Gasteiger partial charge >= 0.3 is 0 Å². The van der Waals surface area contributed by atoms with Gasteiger partial charge in [-0.05, 0) is 48.9 Å². The van der Waals surface area contributed by atoms with Gasteiger partial charge in [0.25, 0.3) is 0 Å². The normalized spacial score (nSPS) is 11.9. The Morgan fingerprint density at radius 2 is 1.62 bits per heavy atom.